The molecule has 1 amide bonds. The van der Waals surface area contributed by atoms with Crippen molar-refractivity contribution in [3.05, 3.63) is 59.2 Å². The maximum atomic E-state index is 13.0. The van der Waals surface area contributed by atoms with Gasteiger partial charge in [-0.1, -0.05) is 12.1 Å². The third-order valence-electron chi connectivity index (χ3n) is 4.77. The van der Waals surface area contributed by atoms with E-state index in [4.69, 9.17) is 10.00 Å². The summed E-state index contributed by atoms with van der Waals surface area (Å²) in [7, 11) is 0. The number of carbonyl (C=O) groups excluding carboxylic acids is 2. The molecule has 1 aliphatic rings. The highest BCUT2D eigenvalue weighted by molar-refractivity contribution is 5.95. The molecule has 0 radical (unpaired) electrons. The van der Waals surface area contributed by atoms with Crippen LogP contribution in [-0.4, -0.2) is 24.8 Å². The fourth-order valence-electron chi connectivity index (χ4n) is 3.43. The predicted molar refractivity (Wildman–Crippen MR) is 105 cm³/mol. The molecule has 0 fully saturated rings. The van der Waals surface area contributed by atoms with Gasteiger partial charge in [0.25, 0.3) is 0 Å². The molecular formula is C22H21N3O3. The maximum Gasteiger partial charge on any atom is 0.237 e. The molecule has 0 aliphatic carbocycles. The fourth-order valence-corrected chi connectivity index (χ4v) is 3.43. The lowest BCUT2D eigenvalue weighted by Crippen LogP contribution is -2.43. The number of hydrogen-bond donors (Lipinski definition) is 0. The van der Waals surface area contributed by atoms with Crippen LogP contribution >= 0.6 is 0 Å². The van der Waals surface area contributed by atoms with E-state index in [-0.39, 0.29) is 12.3 Å². The second-order valence-corrected chi connectivity index (χ2v) is 6.54. The van der Waals surface area contributed by atoms with E-state index in [2.05, 4.69) is 11.1 Å². The van der Waals surface area contributed by atoms with E-state index >= 15 is 0 Å². The third-order valence-corrected chi connectivity index (χ3v) is 4.77. The molecule has 0 saturated carbocycles. The number of ether oxygens (including phenoxy) is 1. The molecule has 1 heterocycles. The Morgan fingerprint density at radius 2 is 2.07 bits per heavy atom. The van der Waals surface area contributed by atoms with Gasteiger partial charge < -0.3 is 4.74 Å². The smallest absolute Gasteiger partial charge is 0.237 e. The van der Waals surface area contributed by atoms with Gasteiger partial charge in [-0.15, -0.1) is 0 Å². The first-order valence-electron chi connectivity index (χ1n) is 9.30. The molecule has 28 heavy (non-hydrogen) atoms. The molecule has 6 heteroatoms. The van der Waals surface area contributed by atoms with Crippen molar-refractivity contribution in [1.82, 2.24) is 0 Å². The molecule has 0 N–H and O–H groups in total. The van der Waals surface area contributed by atoms with Crippen molar-refractivity contribution in [1.29, 1.82) is 5.26 Å². The zero-order chi connectivity index (χ0) is 19.9. The lowest BCUT2D eigenvalue weighted by atomic mass is 9.98. The number of nitriles is 1. The van der Waals surface area contributed by atoms with E-state index in [1.54, 1.807) is 23.1 Å². The van der Waals surface area contributed by atoms with Gasteiger partial charge in [0.1, 0.15) is 11.9 Å². The highest BCUT2D eigenvalue weighted by Crippen LogP contribution is 2.34. The van der Waals surface area contributed by atoms with Gasteiger partial charge in [0.15, 0.2) is 0 Å². The normalized spacial score (nSPS) is 15.1. The largest absolute Gasteiger partial charge is 0.494 e. The van der Waals surface area contributed by atoms with Crippen molar-refractivity contribution < 1.29 is 14.3 Å². The Morgan fingerprint density at radius 3 is 2.75 bits per heavy atom. The second-order valence-electron chi connectivity index (χ2n) is 6.54. The van der Waals surface area contributed by atoms with Crippen LogP contribution in [-0.2, 0) is 22.4 Å². The van der Waals surface area contributed by atoms with Crippen LogP contribution < -0.4 is 9.64 Å². The first-order chi connectivity index (χ1) is 13.7. The van der Waals surface area contributed by atoms with Crippen LogP contribution in [0.15, 0.2) is 47.5 Å². The van der Waals surface area contributed by atoms with Gasteiger partial charge in [0.2, 0.25) is 12.0 Å². The maximum absolute atomic E-state index is 13.0. The summed E-state index contributed by atoms with van der Waals surface area (Å²) in [5.74, 6) is 0.669. The van der Waals surface area contributed by atoms with E-state index in [1.807, 2.05) is 37.3 Å². The number of aryl methyl sites for hydroxylation is 2. The molecule has 1 atom stereocenters. The van der Waals surface area contributed by atoms with Crippen LogP contribution in [0, 0.1) is 11.3 Å². The topological polar surface area (TPSA) is 82.8 Å². The summed E-state index contributed by atoms with van der Waals surface area (Å²) in [6.07, 6.45) is 3.18. The van der Waals surface area contributed by atoms with Gasteiger partial charge >= 0.3 is 0 Å². The lowest BCUT2D eigenvalue weighted by Gasteiger charge is -2.34. The summed E-state index contributed by atoms with van der Waals surface area (Å²) < 4.78 is 5.55. The monoisotopic (exact) mass is 375 g/mol. The highest BCUT2D eigenvalue weighted by atomic mass is 16.5. The molecule has 0 saturated heterocycles. The van der Waals surface area contributed by atoms with Gasteiger partial charge in [-0.3, -0.25) is 9.69 Å². The first kappa shape index (κ1) is 19.3. The Labute approximate surface area is 164 Å². The number of isocyanates is 1. The van der Waals surface area contributed by atoms with Gasteiger partial charge in [-0.25, -0.2) is 4.79 Å². The molecule has 2 aromatic carbocycles. The molecule has 0 aromatic heterocycles. The van der Waals surface area contributed by atoms with E-state index in [0.717, 1.165) is 22.6 Å². The SMILES string of the molecule is CCOc1ccc2c(c1)CCC(N=C=O)N2C(=O)CCc1ccc(C#N)cc1. The van der Waals surface area contributed by atoms with Crippen LogP contribution in [0.2, 0.25) is 0 Å². The second kappa shape index (κ2) is 8.98. The Balaban J connectivity index is 1.81. The molecule has 1 aliphatic heterocycles. The van der Waals surface area contributed by atoms with Crippen molar-refractivity contribution >= 4 is 17.7 Å². The average Bonchev–Trinajstić information content (AvgIpc) is 2.72. The van der Waals surface area contributed by atoms with Crippen molar-refractivity contribution in [3.8, 4) is 11.8 Å². The molecular weight excluding hydrogens is 354 g/mol. The number of fused-ring (bicyclic) bond motifs is 1. The van der Waals surface area contributed by atoms with Gasteiger partial charge in [0.05, 0.1) is 18.2 Å². The van der Waals surface area contributed by atoms with Gasteiger partial charge in [-0.2, -0.15) is 10.3 Å². The minimum absolute atomic E-state index is 0.0986. The third kappa shape index (κ3) is 4.28. The number of hydrogen-bond acceptors (Lipinski definition) is 5. The number of anilines is 1. The Hall–Kier alpha value is -3.42. The molecule has 6 nitrogen and oxygen atoms in total. The number of rotatable bonds is 6. The predicted octanol–water partition coefficient (Wildman–Crippen LogP) is 3.53. The van der Waals surface area contributed by atoms with Crippen LogP contribution in [0.1, 0.15) is 36.5 Å². The van der Waals surface area contributed by atoms with Crippen molar-refractivity contribution in [2.75, 3.05) is 11.5 Å². The minimum Gasteiger partial charge on any atom is -0.494 e. The Morgan fingerprint density at radius 1 is 1.29 bits per heavy atom. The molecule has 0 spiro atoms. The standard InChI is InChI=1S/C22H21N3O3/c1-2-28-19-9-10-20-18(13-19)8-11-21(24-15-26)25(20)22(27)12-7-16-3-5-17(14-23)6-4-16/h3-6,9-10,13,21H,2,7-8,11-12H2,1H3. The van der Waals surface area contributed by atoms with E-state index in [1.165, 1.54) is 0 Å². The number of carbonyl (C=O) groups is 1. The Bertz CT molecular complexity index is 940. The molecule has 2 aromatic rings. The molecule has 3 rings (SSSR count). The number of benzene rings is 2. The summed E-state index contributed by atoms with van der Waals surface area (Å²) in [6.45, 7) is 2.50. The summed E-state index contributed by atoms with van der Waals surface area (Å²) in [4.78, 5) is 29.3. The summed E-state index contributed by atoms with van der Waals surface area (Å²) in [5.41, 5.74) is 3.34. The van der Waals surface area contributed by atoms with Crippen molar-refractivity contribution in [3.63, 3.8) is 0 Å². The highest BCUT2D eigenvalue weighted by Gasteiger charge is 2.31. The number of nitrogens with zero attached hydrogens (tertiary/aromatic N) is 3. The Kier molecular flexibility index (Phi) is 6.21. The van der Waals surface area contributed by atoms with Crippen molar-refractivity contribution in [2.24, 2.45) is 4.99 Å². The lowest BCUT2D eigenvalue weighted by molar-refractivity contribution is -0.119. The van der Waals surface area contributed by atoms with Crippen LogP contribution in [0.25, 0.3) is 0 Å². The summed E-state index contributed by atoms with van der Waals surface area (Å²) >= 11 is 0. The van der Waals surface area contributed by atoms with Crippen LogP contribution in [0.5, 0.6) is 5.75 Å². The van der Waals surface area contributed by atoms with Crippen molar-refractivity contribution in [2.45, 2.75) is 38.8 Å². The average molecular weight is 375 g/mol. The molecule has 0 bridgehead atoms. The summed E-state index contributed by atoms with van der Waals surface area (Å²) in [6, 6.07) is 14.9. The molecule has 1 unspecified atom stereocenters. The molecule has 142 valence electrons. The van der Waals surface area contributed by atoms with Gasteiger partial charge in [-0.05, 0) is 67.6 Å². The quantitative estimate of drug-likeness (QED) is 0.571. The number of amides is 1. The minimum atomic E-state index is -0.531. The zero-order valence-electron chi connectivity index (χ0n) is 15.7. The van der Waals surface area contributed by atoms with E-state index in [0.29, 0.717) is 31.4 Å². The zero-order valence-corrected chi connectivity index (χ0v) is 15.7. The van der Waals surface area contributed by atoms with Crippen LogP contribution in [0.4, 0.5) is 5.69 Å². The fraction of sp³-hybridized carbons (Fsp3) is 0.318. The summed E-state index contributed by atoms with van der Waals surface area (Å²) in [5, 5.41) is 8.88. The van der Waals surface area contributed by atoms with E-state index < -0.39 is 6.17 Å². The number of aliphatic imine (C=N–C) groups is 1. The van der Waals surface area contributed by atoms with E-state index in [9.17, 15) is 9.59 Å². The van der Waals surface area contributed by atoms with Crippen LogP contribution in [0.3, 0.4) is 0 Å². The first-order valence-corrected chi connectivity index (χ1v) is 9.30. The van der Waals surface area contributed by atoms with Gasteiger partial charge in [0, 0.05) is 12.1 Å².